The van der Waals surface area contributed by atoms with E-state index in [4.69, 9.17) is 4.74 Å². The zero-order valence-electron chi connectivity index (χ0n) is 13.4. The first-order valence-electron chi connectivity index (χ1n) is 8.54. The first-order chi connectivity index (χ1) is 10.7. The molecule has 1 aromatic heterocycles. The van der Waals surface area contributed by atoms with Crippen molar-refractivity contribution in [2.75, 3.05) is 6.61 Å². The van der Waals surface area contributed by atoms with Gasteiger partial charge in [-0.1, -0.05) is 12.8 Å². The second-order valence-electron chi connectivity index (χ2n) is 6.60. The average molecular weight is 302 g/mol. The average Bonchev–Trinajstić information content (AvgIpc) is 3.06. The monoisotopic (exact) mass is 302 g/mol. The third-order valence-corrected chi connectivity index (χ3v) is 5.41. The number of nitrogens with one attached hydrogen (secondary N) is 1. The van der Waals surface area contributed by atoms with Gasteiger partial charge in [0.05, 0.1) is 6.10 Å². The van der Waals surface area contributed by atoms with Gasteiger partial charge in [0.1, 0.15) is 0 Å². The van der Waals surface area contributed by atoms with Gasteiger partial charge in [0.2, 0.25) is 5.91 Å². The van der Waals surface area contributed by atoms with Crippen LogP contribution in [0.5, 0.6) is 0 Å². The van der Waals surface area contributed by atoms with Crippen LogP contribution in [0.1, 0.15) is 51.0 Å². The molecular weight excluding hydrogens is 276 g/mol. The third-order valence-electron chi connectivity index (χ3n) is 5.41. The Bertz CT molecular complexity index is 497. The highest BCUT2D eigenvalue weighted by Crippen LogP contribution is 2.54. The lowest BCUT2D eigenvalue weighted by atomic mass is 9.60. The molecule has 0 unspecified atom stereocenters. The van der Waals surface area contributed by atoms with Gasteiger partial charge in [0.15, 0.2) is 0 Å². The first-order valence-corrected chi connectivity index (χ1v) is 8.54. The molecule has 1 heterocycles. The van der Waals surface area contributed by atoms with Crippen molar-refractivity contribution >= 4 is 5.91 Å². The minimum absolute atomic E-state index is 0.169. The largest absolute Gasteiger partial charge is 0.378 e. The normalized spacial score (nSPS) is 25.9. The van der Waals surface area contributed by atoms with Gasteiger partial charge in [-0.15, -0.1) is 0 Å². The van der Waals surface area contributed by atoms with Crippen LogP contribution in [0.3, 0.4) is 0 Å². The lowest BCUT2D eigenvalue weighted by molar-refractivity contribution is -0.144. The fourth-order valence-corrected chi connectivity index (χ4v) is 4.16. The Morgan fingerprint density at radius 1 is 1.36 bits per heavy atom. The zero-order chi connectivity index (χ0) is 15.4. The van der Waals surface area contributed by atoms with Crippen molar-refractivity contribution < 1.29 is 9.53 Å². The minimum atomic E-state index is 0.169. The first kappa shape index (κ1) is 15.5. The highest BCUT2D eigenvalue weighted by atomic mass is 16.5. The molecule has 1 amide bonds. The molecule has 2 saturated carbocycles. The van der Waals surface area contributed by atoms with Crippen molar-refractivity contribution in [2.45, 2.75) is 64.0 Å². The Morgan fingerprint density at radius 2 is 2.09 bits per heavy atom. The smallest absolute Gasteiger partial charge is 0.220 e. The van der Waals surface area contributed by atoms with Crippen LogP contribution in [-0.4, -0.2) is 29.6 Å². The van der Waals surface area contributed by atoms with Gasteiger partial charge in [0, 0.05) is 36.9 Å². The van der Waals surface area contributed by atoms with Crippen LogP contribution in [0.4, 0.5) is 0 Å². The maximum Gasteiger partial charge on any atom is 0.220 e. The summed E-state index contributed by atoms with van der Waals surface area (Å²) in [5.74, 6) is 0.169. The van der Waals surface area contributed by atoms with E-state index >= 15 is 0 Å². The number of nitrogens with zero attached hydrogens (tertiary/aromatic N) is 1. The predicted molar refractivity (Wildman–Crippen MR) is 85.4 cm³/mol. The van der Waals surface area contributed by atoms with Crippen LogP contribution in [0.15, 0.2) is 24.5 Å². The SMILES string of the molecule is CCO[C@H]1C[C@@H](NC(=O)CCc2ccncc2)C12CCCC2. The van der Waals surface area contributed by atoms with Crippen LogP contribution >= 0.6 is 0 Å². The number of rotatable bonds is 6. The van der Waals surface area contributed by atoms with Gasteiger partial charge in [-0.2, -0.15) is 0 Å². The Hall–Kier alpha value is -1.42. The summed E-state index contributed by atoms with van der Waals surface area (Å²) >= 11 is 0. The second-order valence-corrected chi connectivity index (χ2v) is 6.60. The highest BCUT2D eigenvalue weighted by molar-refractivity contribution is 5.76. The van der Waals surface area contributed by atoms with Gasteiger partial charge < -0.3 is 10.1 Å². The van der Waals surface area contributed by atoms with E-state index in [0.29, 0.717) is 18.6 Å². The fourth-order valence-electron chi connectivity index (χ4n) is 4.16. The van der Waals surface area contributed by atoms with Crippen LogP contribution < -0.4 is 5.32 Å². The molecule has 0 saturated heterocycles. The third kappa shape index (κ3) is 3.02. The number of carbonyl (C=O) groups excluding carboxylic acids is 1. The molecule has 2 aliphatic rings. The Kier molecular flexibility index (Phi) is 4.77. The molecule has 1 N–H and O–H groups in total. The van der Waals surface area contributed by atoms with Gasteiger partial charge in [-0.25, -0.2) is 0 Å². The summed E-state index contributed by atoms with van der Waals surface area (Å²) < 4.78 is 5.90. The van der Waals surface area contributed by atoms with Crippen molar-refractivity contribution in [1.29, 1.82) is 0 Å². The topological polar surface area (TPSA) is 51.2 Å². The van der Waals surface area contributed by atoms with Crippen LogP contribution in [0.25, 0.3) is 0 Å². The molecule has 0 aromatic carbocycles. The Morgan fingerprint density at radius 3 is 2.77 bits per heavy atom. The fraction of sp³-hybridized carbons (Fsp3) is 0.667. The summed E-state index contributed by atoms with van der Waals surface area (Å²) in [4.78, 5) is 16.3. The molecule has 22 heavy (non-hydrogen) atoms. The molecular formula is C18H26N2O2. The summed E-state index contributed by atoms with van der Waals surface area (Å²) in [7, 11) is 0. The molecule has 2 aliphatic carbocycles. The van der Waals surface area contributed by atoms with E-state index in [1.807, 2.05) is 12.1 Å². The number of amides is 1. The molecule has 0 radical (unpaired) electrons. The highest BCUT2D eigenvalue weighted by Gasteiger charge is 2.57. The maximum absolute atomic E-state index is 12.3. The van der Waals surface area contributed by atoms with E-state index < -0.39 is 0 Å². The van der Waals surface area contributed by atoms with Crippen LogP contribution in [-0.2, 0) is 16.0 Å². The number of hydrogen-bond donors (Lipinski definition) is 1. The zero-order valence-corrected chi connectivity index (χ0v) is 13.4. The Balaban J connectivity index is 1.51. The summed E-state index contributed by atoms with van der Waals surface area (Å²) in [6.45, 7) is 2.83. The van der Waals surface area contributed by atoms with Crippen molar-refractivity contribution in [3.63, 3.8) is 0 Å². The molecule has 4 nitrogen and oxygen atoms in total. The van der Waals surface area contributed by atoms with Gasteiger partial charge in [-0.3, -0.25) is 9.78 Å². The molecule has 0 bridgehead atoms. The quantitative estimate of drug-likeness (QED) is 0.879. The number of aromatic nitrogens is 1. The van der Waals surface area contributed by atoms with E-state index in [2.05, 4.69) is 17.2 Å². The number of hydrogen-bond acceptors (Lipinski definition) is 3. The van der Waals surface area contributed by atoms with Crippen molar-refractivity contribution in [3.8, 4) is 0 Å². The van der Waals surface area contributed by atoms with E-state index in [1.165, 1.54) is 31.2 Å². The van der Waals surface area contributed by atoms with Gasteiger partial charge >= 0.3 is 0 Å². The number of ether oxygens (including phenoxy) is 1. The van der Waals surface area contributed by atoms with Crippen LogP contribution in [0, 0.1) is 5.41 Å². The summed E-state index contributed by atoms with van der Waals surface area (Å²) in [5, 5.41) is 3.27. The van der Waals surface area contributed by atoms with Crippen LogP contribution in [0.2, 0.25) is 0 Å². The minimum Gasteiger partial charge on any atom is -0.378 e. The molecule has 2 fully saturated rings. The number of pyridine rings is 1. The lowest BCUT2D eigenvalue weighted by Crippen LogP contribution is -2.63. The van der Waals surface area contributed by atoms with E-state index in [0.717, 1.165) is 19.4 Å². The lowest BCUT2D eigenvalue weighted by Gasteiger charge is -2.54. The molecule has 3 rings (SSSR count). The maximum atomic E-state index is 12.3. The predicted octanol–water partition coefficient (Wildman–Crippen LogP) is 2.87. The van der Waals surface area contributed by atoms with Gasteiger partial charge in [0.25, 0.3) is 0 Å². The molecule has 4 heteroatoms. The van der Waals surface area contributed by atoms with E-state index in [9.17, 15) is 4.79 Å². The summed E-state index contributed by atoms with van der Waals surface area (Å²) in [6.07, 6.45) is 11.2. The summed E-state index contributed by atoms with van der Waals surface area (Å²) in [6, 6.07) is 4.26. The molecule has 120 valence electrons. The second kappa shape index (κ2) is 6.78. The van der Waals surface area contributed by atoms with Crippen molar-refractivity contribution in [3.05, 3.63) is 30.1 Å². The summed E-state index contributed by atoms with van der Waals surface area (Å²) in [5.41, 5.74) is 1.39. The number of aryl methyl sites for hydroxylation is 1. The van der Waals surface area contributed by atoms with Gasteiger partial charge in [-0.05, 0) is 50.3 Å². The standard InChI is InChI=1S/C18H26N2O2/c1-2-22-16-13-15(18(16)9-3-4-10-18)20-17(21)6-5-14-7-11-19-12-8-14/h7-8,11-12,15-16H,2-6,9-10,13H2,1H3,(H,20,21)/t15-,16+/m1/s1. The number of carbonyl (C=O) groups is 1. The van der Waals surface area contributed by atoms with E-state index in [1.54, 1.807) is 12.4 Å². The molecule has 1 aromatic rings. The van der Waals surface area contributed by atoms with E-state index in [-0.39, 0.29) is 11.3 Å². The molecule has 1 spiro atoms. The van der Waals surface area contributed by atoms with Crippen molar-refractivity contribution in [1.82, 2.24) is 10.3 Å². The molecule has 2 atom stereocenters. The Labute approximate surface area is 132 Å². The van der Waals surface area contributed by atoms with Crippen molar-refractivity contribution in [2.24, 2.45) is 5.41 Å². The molecule has 0 aliphatic heterocycles.